The van der Waals surface area contributed by atoms with Crippen LogP contribution in [0.4, 0.5) is 0 Å². The molecule has 0 spiro atoms. The Labute approximate surface area is 130 Å². The molecule has 1 atom stereocenters. The van der Waals surface area contributed by atoms with E-state index in [9.17, 15) is 8.42 Å². The Morgan fingerprint density at radius 2 is 2.00 bits per heavy atom. The molecule has 0 heterocycles. The topological polar surface area (TPSA) is 72.2 Å². The van der Waals surface area contributed by atoms with Gasteiger partial charge in [-0.15, -0.1) is 0 Å². The molecule has 1 aromatic rings. The standard InChI is InChI=1S/C12H16Br2N2O2S/c1-7-4-10(14)12(5-9(7)13)19(17,18)16-11(6-15)8-2-3-8/h4-5,8,11,16H,2-3,6,15H2,1H3. The minimum atomic E-state index is -3.55. The van der Waals surface area contributed by atoms with Crippen LogP contribution in [0.25, 0.3) is 0 Å². The molecule has 1 aromatic carbocycles. The highest BCUT2D eigenvalue weighted by atomic mass is 79.9. The van der Waals surface area contributed by atoms with Gasteiger partial charge in [0.25, 0.3) is 0 Å². The van der Waals surface area contributed by atoms with Gasteiger partial charge in [-0.25, -0.2) is 13.1 Å². The van der Waals surface area contributed by atoms with Crippen molar-refractivity contribution in [3.05, 3.63) is 26.6 Å². The summed E-state index contributed by atoms with van der Waals surface area (Å²) in [5.41, 5.74) is 6.62. The van der Waals surface area contributed by atoms with Crippen LogP contribution in [0.5, 0.6) is 0 Å². The summed E-state index contributed by atoms with van der Waals surface area (Å²) in [6, 6.07) is 3.23. The fraction of sp³-hybridized carbons (Fsp3) is 0.500. The Bertz CT molecular complexity index is 586. The average molecular weight is 412 g/mol. The molecule has 1 fully saturated rings. The summed E-state index contributed by atoms with van der Waals surface area (Å²) in [5, 5.41) is 0. The van der Waals surface area contributed by atoms with E-state index in [1.54, 1.807) is 12.1 Å². The maximum atomic E-state index is 12.4. The lowest BCUT2D eigenvalue weighted by molar-refractivity contribution is 0.519. The highest BCUT2D eigenvalue weighted by Crippen LogP contribution is 2.34. The van der Waals surface area contributed by atoms with Gasteiger partial charge >= 0.3 is 0 Å². The fourth-order valence-electron chi connectivity index (χ4n) is 1.93. The van der Waals surface area contributed by atoms with Crippen molar-refractivity contribution in [2.24, 2.45) is 11.7 Å². The first kappa shape index (κ1) is 15.4. The molecule has 106 valence electrons. The van der Waals surface area contributed by atoms with Gasteiger partial charge in [0.05, 0.1) is 4.90 Å². The molecular weight excluding hydrogens is 396 g/mol. The second-order valence-corrected chi connectivity index (χ2v) is 8.22. The number of nitrogens with one attached hydrogen (secondary N) is 1. The van der Waals surface area contributed by atoms with Crippen molar-refractivity contribution < 1.29 is 8.42 Å². The van der Waals surface area contributed by atoms with Gasteiger partial charge in [-0.05, 0) is 59.3 Å². The minimum Gasteiger partial charge on any atom is -0.329 e. The lowest BCUT2D eigenvalue weighted by Gasteiger charge is -2.17. The summed E-state index contributed by atoms with van der Waals surface area (Å²) in [6.45, 7) is 2.24. The zero-order chi connectivity index (χ0) is 14.2. The molecule has 2 rings (SSSR count). The van der Waals surface area contributed by atoms with Crippen LogP contribution in [0, 0.1) is 12.8 Å². The molecule has 3 N–H and O–H groups in total. The zero-order valence-electron chi connectivity index (χ0n) is 10.5. The molecular formula is C12H16Br2N2O2S. The van der Waals surface area contributed by atoms with E-state index >= 15 is 0 Å². The SMILES string of the molecule is Cc1cc(Br)c(S(=O)(=O)NC(CN)C2CC2)cc1Br. The monoisotopic (exact) mass is 410 g/mol. The molecule has 0 amide bonds. The lowest BCUT2D eigenvalue weighted by Crippen LogP contribution is -2.41. The van der Waals surface area contributed by atoms with E-state index in [0.29, 0.717) is 16.9 Å². The average Bonchev–Trinajstić information content (AvgIpc) is 3.14. The van der Waals surface area contributed by atoms with Crippen LogP contribution in [0.2, 0.25) is 0 Å². The fourth-order valence-corrected chi connectivity index (χ4v) is 4.93. The van der Waals surface area contributed by atoms with Crippen LogP contribution >= 0.6 is 31.9 Å². The molecule has 1 saturated carbocycles. The van der Waals surface area contributed by atoms with E-state index < -0.39 is 10.0 Å². The molecule has 0 radical (unpaired) electrons. The van der Waals surface area contributed by atoms with Crippen LogP contribution in [-0.4, -0.2) is 21.0 Å². The molecule has 0 aromatic heterocycles. The number of benzene rings is 1. The Morgan fingerprint density at radius 1 is 1.37 bits per heavy atom. The molecule has 7 heteroatoms. The van der Waals surface area contributed by atoms with Gasteiger partial charge in [-0.1, -0.05) is 15.9 Å². The number of rotatable bonds is 5. The van der Waals surface area contributed by atoms with Gasteiger partial charge in [-0.3, -0.25) is 0 Å². The van der Waals surface area contributed by atoms with Crippen molar-refractivity contribution in [3.8, 4) is 0 Å². The predicted molar refractivity (Wildman–Crippen MR) is 82.5 cm³/mol. The Balaban J connectivity index is 2.31. The molecule has 1 aliphatic rings. The molecule has 1 unspecified atom stereocenters. The van der Waals surface area contributed by atoms with Crippen molar-refractivity contribution >= 4 is 41.9 Å². The Morgan fingerprint density at radius 3 is 2.53 bits per heavy atom. The first-order valence-corrected chi connectivity index (χ1v) is 9.10. The third-order valence-corrected chi connectivity index (χ3v) is 6.56. The van der Waals surface area contributed by atoms with Crippen molar-refractivity contribution in [2.45, 2.75) is 30.7 Å². The molecule has 1 aliphatic carbocycles. The number of nitrogens with two attached hydrogens (primary N) is 1. The van der Waals surface area contributed by atoms with Crippen LogP contribution in [0.3, 0.4) is 0 Å². The normalized spacial score (nSPS) is 17.5. The first-order chi connectivity index (χ1) is 8.85. The quantitative estimate of drug-likeness (QED) is 0.781. The highest BCUT2D eigenvalue weighted by molar-refractivity contribution is 9.11. The molecule has 0 aliphatic heterocycles. The Hall–Kier alpha value is 0.0500. The van der Waals surface area contributed by atoms with Crippen molar-refractivity contribution in [1.82, 2.24) is 4.72 Å². The lowest BCUT2D eigenvalue weighted by atomic mass is 10.2. The predicted octanol–water partition coefficient (Wildman–Crippen LogP) is 2.54. The minimum absolute atomic E-state index is 0.169. The maximum absolute atomic E-state index is 12.4. The van der Waals surface area contributed by atoms with Crippen molar-refractivity contribution in [2.75, 3.05) is 6.54 Å². The summed E-state index contributed by atoms with van der Waals surface area (Å²) in [7, 11) is -3.55. The van der Waals surface area contributed by atoms with Crippen LogP contribution < -0.4 is 10.5 Å². The van der Waals surface area contributed by atoms with E-state index in [0.717, 1.165) is 22.9 Å². The number of halogens is 2. The molecule has 19 heavy (non-hydrogen) atoms. The summed E-state index contributed by atoms with van der Waals surface area (Å²) < 4.78 is 28.8. The van der Waals surface area contributed by atoms with E-state index in [1.165, 1.54) is 0 Å². The molecule has 0 bridgehead atoms. The number of sulfonamides is 1. The van der Waals surface area contributed by atoms with E-state index in [4.69, 9.17) is 5.73 Å². The second-order valence-electron chi connectivity index (χ2n) is 4.83. The smallest absolute Gasteiger partial charge is 0.242 e. The molecule has 0 saturated heterocycles. The summed E-state index contributed by atoms with van der Waals surface area (Å²) in [6.07, 6.45) is 2.09. The van der Waals surface area contributed by atoms with Gasteiger partial charge in [0, 0.05) is 21.5 Å². The van der Waals surface area contributed by atoms with Crippen molar-refractivity contribution in [3.63, 3.8) is 0 Å². The van der Waals surface area contributed by atoms with Crippen LogP contribution in [-0.2, 0) is 10.0 Å². The van der Waals surface area contributed by atoms with Gasteiger partial charge < -0.3 is 5.73 Å². The van der Waals surface area contributed by atoms with Gasteiger partial charge in [0.2, 0.25) is 10.0 Å². The second kappa shape index (κ2) is 5.81. The number of hydrogen-bond donors (Lipinski definition) is 2. The van der Waals surface area contributed by atoms with E-state index in [2.05, 4.69) is 36.6 Å². The molecule has 4 nitrogen and oxygen atoms in total. The Kier molecular flexibility index (Phi) is 4.72. The van der Waals surface area contributed by atoms with E-state index in [-0.39, 0.29) is 10.9 Å². The number of aryl methyl sites for hydroxylation is 1. The largest absolute Gasteiger partial charge is 0.329 e. The summed E-state index contributed by atoms with van der Waals surface area (Å²) >= 11 is 6.67. The van der Waals surface area contributed by atoms with Gasteiger partial charge in [0.1, 0.15) is 0 Å². The third-order valence-electron chi connectivity index (χ3n) is 3.25. The van der Waals surface area contributed by atoms with Crippen LogP contribution in [0.15, 0.2) is 26.0 Å². The van der Waals surface area contributed by atoms with Gasteiger partial charge in [0.15, 0.2) is 0 Å². The summed E-state index contributed by atoms with van der Waals surface area (Å²) in [4.78, 5) is 0.240. The zero-order valence-corrected chi connectivity index (χ0v) is 14.5. The summed E-state index contributed by atoms with van der Waals surface area (Å²) in [5.74, 6) is 0.382. The van der Waals surface area contributed by atoms with Crippen LogP contribution in [0.1, 0.15) is 18.4 Å². The number of hydrogen-bond acceptors (Lipinski definition) is 3. The maximum Gasteiger partial charge on any atom is 0.242 e. The van der Waals surface area contributed by atoms with Crippen molar-refractivity contribution in [1.29, 1.82) is 0 Å². The first-order valence-electron chi connectivity index (χ1n) is 6.03. The van der Waals surface area contributed by atoms with E-state index in [1.807, 2.05) is 6.92 Å². The third kappa shape index (κ3) is 3.58. The highest BCUT2D eigenvalue weighted by Gasteiger charge is 2.34. The van der Waals surface area contributed by atoms with Gasteiger partial charge in [-0.2, -0.15) is 0 Å².